The van der Waals surface area contributed by atoms with Crippen LogP contribution in [0.5, 0.6) is 0 Å². The van der Waals surface area contributed by atoms with Crippen molar-refractivity contribution >= 4 is 17.8 Å². The van der Waals surface area contributed by atoms with Gasteiger partial charge in [0.05, 0.1) is 18.8 Å². The Morgan fingerprint density at radius 3 is 2.46 bits per heavy atom. The maximum absolute atomic E-state index is 11.8. The zero-order valence-corrected chi connectivity index (χ0v) is 23.9. The van der Waals surface area contributed by atoms with Gasteiger partial charge in [-0.1, -0.05) is 85.4 Å². The van der Waals surface area contributed by atoms with Crippen molar-refractivity contribution in [2.24, 2.45) is 5.92 Å². The number of aromatic nitrogens is 3. The highest BCUT2D eigenvalue weighted by molar-refractivity contribution is 7.99. The van der Waals surface area contributed by atoms with E-state index in [1.807, 2.05) is 55.5 Å². The summed E-state index contributed by atoms with van der Waals surface area (Å²) in [5.74, 6) is 0.771. The first-order valence-electron chi connectivity index (χ1n) is 13.7. The molecule has 1 aliphatic rings. The number of aromatic amines is 1. The Labute approximate surface area is 244 Å². The maximum Gasteiger partial charge on any atom is 0.315 e. The van der Waals surface area contributed by atoms with E-state index < -0.39 is 6.29 Å². The number of carbonyl (C=O) groups excluding carboxylic acids is 1. The number of ether oxygens (including phenoxy) is 2. The number of carbonyl (C=O) groups is 1. The number of hydrogen-bond donors (Lipinski definition) is 4. The number of aliphatic hydroxyl groups excluding tert-OH is 1. The number of aliphatic hydroxyl groups is 1. The van der Waals surface area contributed by atoms with Gasteiger partial charge >= 0.3 is 6.03 Å². The number of thioether (sulfide) groups is 1. The molecule has 0 bridgehead atoms. The van der Waals surface area contributed by atoms with Crippen molar-refractivity contribution in [1.29, 1.82) is 0 Å². The monoisotopic (exact) mass is 573 g/mol. The van der Waals surface area contributed by atoms with Crippen molar-refractivity contribution in [3.8, 4) is 11.1 Å². The molecule has 2 heterocycles. The van der Waals surface area contributed by atoms with Crippen LogP contribution in [0.4, 0.5) is 4.79 Å². The lowest BCUT2D eigenvalue weighted by atomic mass is 9.91. The van der Waals surface area contributed by atoms with E-state index in [1.165, 1.54) is 6.33 Å². The second-order valence-electron chi connectivity index (χ2n) is 9.96. The van der Waals surface area contributed by atoms with Gasteiger partial charge in [0.1, 0.15) is 6.33 Å². The molecule has 0 unspecified atom stereocenters. The molecule has 4 aromatic rings. The van der Waals surface area contributed by atoms with E-state index in [0.717, 1.165) is 38.5 Å². The zero-order chi connectivity index (χ0) is 28.6. The third-order valence-corrected chi connectivity index (χ3v) is 8.10. The molecule has 1 aliphatic heterocycles. The standard InChI is InChI=1S/C31H35N5O4S/c1-3-32-30(38)33-16-22-5-4-6-26(15-22)23-11-13-25(14-12-23)29-39-27(18-41-31-34-19-35-36-31)20(2)28(40-29)24-9-7-21(17-37)8-10-24/h4-15,19-20,27-29,37H,3,16-18H2,1-2H3,(H2,32,33,38)(H,34,35,36)/t20-,27+,28+,29+/m0/s1. The van der Waals surface area contributed by atoms with Crippen LogP contribution in [0.3, 0.4) is 0 Å². The summed E-state index contributed by atoms with van der Waals surface area (Å²) in [4.78, 5) is 16.0. The Bertz CT molecular complexity index is 1400. The number of benzene rings is 3. The quantitative estimate of drug-likeness (QED) is 0.188. The minimum Gasteiger partial charge on any atom is -0.392 e. The second-order valence-corrected chi connectivity index (χ2v) is 11.0. The molecular formula is C31H35N5O4S. The molecule has 1 fully saturated rings. The molecule has 5 rings (SSSR count). The average Bonchev–Trinajstić information content (AvgIpc) is 3.54. The fraction of sp³-hybridized carbons (Fsp3) is 0.323. The van der Waals surface area contributed by atoms with E-state index in [2.05, 4.69) is 57.0 Å². The number of urea groups is 1. The molecule has 4 N–H and O–H groups in total. The molecule has 214 valence electrons. The second kappa shape index (κ2) is 13.8. The fourth-order valence-corrected chi connectivity index (χ4v) is 5.78. The Kier molecular flexibility index (Phi) is 9.68. The lowest BCUT2D eigenvalue weighted by molar-refractivity contribution is -0.268. The molecule has 3 aromatic carbocycles. The lowest BCUT2D eigenvalue weighted by Gasteiger charge is -2.41. The van der Waals surface area contributed by atoms with Crippen LogP contribution < -0.4 is 10.6 Å². The van der Waals surface area contributed by atoms with Crippen molar-refractivity contribution in [3.63, 3.8) is 0 Å². The van der Waals surface area contributed by atoms with Gasteiger partial charge in [0, 0.05) is 30.3 Å². The van der Waals surface area contributed by atoms with Gasteiger partial charge < -0.3 is 25.2 Å². The third-order valence-electron chi connectivity index (χ3n) is 7.13. The molecule has 9 nitrogen and oxygen atoms in total. The summed E-state index contributed by atoms with van der Waals surface area (Å²) in [6.45, 7) is 5.07. The molecule has 4 atom stereocenters. The van der Waals surface area contributed by atoms with Crippen LogP contribution in [0.25, 0.3) is 11.1 Å². The van der Waals surface area contributed by atoms with Crippen LogP contribution in [0.2, 0.25) is 0 Å². The minimum atomic E-state index is -0.546. The van der Waals surface area contributed by atoms with Crippen molar-refractivity contribution < 1.29 is 19.4 Å². The summed E-state index contributed by atoms with van der Waals surface area (Å²) in [6.07, 6.45) is 0.674. The summed E-state index contributed by atoms with van der Waals surface area (Å²) in [5, 5.41) is 22.7. The van der Waals surface area contributed by atoms with Gasteiger partial charge in [-0.25, -0.2) is 9.78 Å². The number of nitrogens with one attached hydrogen (secondary N) is 3. The molecule has 10 heteroatoms. The van der Waals surface area contributed by atoms with E-state index in [9.17, 15) is 9.90 Å². The largest absolute Gasteiger partial charge is 0.392 e. The van der Waals surface area contributed by atoms with Crippen LogP contribution in [0, 0.1) is 5.92 Å². The number of amides is 2. The lowest BCUT2D eigenvalue weighted by Crippen LogP contribution is -2.38. The topological polar surface area (TPSA) is 121 Å². The van der Waals surface area contributed by atoms with E-state index in [0.29, 0.717) is 18.8 Å². The molecule has 0 radical (unpaired) electrons. The Morgan fingerprint density at radius 2 is 1.76 bits per heavy atom. The van der Waals surface area contributed by atoms with Crippen LogP contribution in [-0.4, -0.2) is 44.7 Å². The van der Waals surface area contributed by atoms with Crippen LogP contribution >= 0.6 is 11.8 Å². The number of hydrogen-bond acceptors (Lipinski definition) is 7. The van der Waals surface area contributed by atoms with Gasteiger partial charge in [-0.3, -0.25) is 5.10 Å². The predicted octanol–water partition coefficient (Wildman–Crippen LogP) is 5.37. The first-order chi connectivity index (χ1) is 20.0. The molecule has 1 saturated heterocycles. The Balaban J connectivity index is 1.33. The van der Waals surface area contributed by atoms with Gasteiger partial charge in [0.25, 0.3) is 0 Å². The number of nitrogens with zero attached hydrogens (tertiary/aromatic N) is 2. The summed E-state index contributed by atoms with van der Waals surface area (Å²) >= 11 is 1.57. The van der Waals surface area contributed by atoms with Gasteiger partial charge in [0.2, 0.25) is 0 Å². The summed E-state index contributed by atoms with van der Waals surface area (Å²) in [7, 11) is 0. The zero-order valence-electron chi connectivity index (χ0n) is 23.1. The van der Waals surface area contributed by atoms with Crippen molar-refractivity contribution in [3.05, 3.63) is 101 Å². The van der Waals surface area contributed by atoms with Gasteiger partial charge in [-0.15, -0.1) is 0 Å². The van der Waals surface area contributed by atoms with E-state index >= 15 is 0 Å². The highest BCUT2D eigenvalue weighted by Gasteiger charge is 2.38. The van der Waals surface area contributed by atoms with Crippen LogP contribution in [-0.2, 0) is 22.6 Å². The molecular weight excluding hydrogens is 538 g/mol. The Hall–Kier alpha value is -3.70. The first kappa shape index (κ1) is 28.8. The highest BCUT2D eigenvalue weighted by atomic mass is 32.2. The van der Waals surface area contributed by atoms with Crippen molar-refractivity contribution in [1.82, 2.24) is 25.8 Å². The highest BCUT2D eigenvalue weighted by Crippen LogP contribution is 2.43. The van der Waals surface area contributed by atoms with Gasteiger partial charge in [-0.2, -0.15) is 5.10 Å². The third kappa shape index (κ3) is 7.34. The minimum absolute atomic E-state index is 0.00347. The van der Waals surface area contributed by atoms with Crippen LogP contribution in [0.15, 0.2) is 84.3 Å². The van der Waals surface area contributed by atoms with E-state index in [4.69, 9.17) is 9.47 Å². The summed E-state index contributed by atoms with van der Waals surface area (Å²) in [6, 6.07) is 24.1. The molecule has 1 aromatic heterocycles. The van der Waals surface area contributed by atoms with E-state index in [1.54, 1.807) is 11.8 Å². The number of rotatable bonds is 10. The number of H-pyrrole nitrogens is 1. The molecule has 2 amide bonds. The summed E-state index contributed by atoms with van der Waals surface area (Å²) < 4.78 is 13.1. The van der Waals surface area contributed by atoms with E-state index in [-0.39, 0.29) is 30.8 Å². The predicted molar refractivity (Wildman–Crippen MR) is 158 cm³/mol. The first-order valence-corrected chi connectivity index (χ1v) is 14.7. The molecule has 0 saturated carbocycles. The normalized spacial score (nSPS) is 20.5. The molecule has 41 heavy (non-hydrogen) atoms. The molecule has 0 aliphatic carbocycles. The van der Waals surface area contributed by atoms with Crippen molar-refractivity contribution in [2.75, 3.05) is 12.3 Å². The van der Waals surface area contributed by atoms with Crippen molar-refractivity contribution in [2.45, 2.75) is 50.7 Å². The van der Waals surface area contributed by atoms with Gasteiger partial charge in [-0.05, 0) is 40.8 Å². The fourth-order valence-electron chi connectivity index (χ4n) is 4.83. The average molecular weight is 574 g/mol. The van der Waals surface area contributed by atoms with Gasteiger partial charge in [0.15, 0.2) is 11.4 Å². The smallest absolute Gasteiger partial charge is 0.315 e. The Morgan fingerprint density at radius 1 is 0.976 bits per heavy atom. The summed E-state index contributed by atoms with van der Waals surface area (Å²) in [5.41, 5.74) is 5.99. The maximum atomic E-state index is 11.8. The van der Waals surface area contributed by atoms with Crippen LogP contribution in [0.1, 0.15) is 48.5 Å². The molecule has 0 spiro atoms. The SMILES string of the molecule is CCNC(=O)NCc1cccc(-c2ccc([C@@H]3O[C@H](CSc4ncn[nH]4)[C@H](C)[C@H](c4ccc(CO)cc4)O3)cc2)c1.